The second-order valence-corrected chi connectivity index (χ2v) is 9.10. The molecular weight excluding hydrogens is 272 g/mol. The number of rotatable bonds is 7. The van der Waals surface area contributed by atoms with E-state index in [2.05, 4.69) is 37.9 Å². The number of nitrogens with zero attached hydrogens (tertiary/aromatic N) is 1. The van der Waals surface area contributed by atoms with Crippen molar-refractivity contribution in [3.05, 3.63) is 0 Å². The predicted molar refractivity (Wildman–Crippen MR) is 85.9 cm³/mol. The summed E-state index contributed by atoms with van der Waals surface area (Å²) in [4.78, 5) is 2.50. The molecular formula is C15H32N2O2S. The minimum Gasteiger partial charge on any atom is -0.308 e. The Balaban J connectivity index is 2.67. The summed E-state index contributed by atoms with van der Waals surface area (Å²) in [7, 11) is -2.84. The van der Waals surface area contributed by atoms with Crippen molar-refractivity contribution in [1.82, 2.24) is 10.2 Å². The predicted octanol–water partition coefficient (Wildman–Crippen LogP) is 2.05. The van der Waals surface area contributed by atoms with Gasteiger partial charge in [0.2, 0.25) is 0 Å². The van der Waals surface area contributed by atoms with E-state index in [1.807, 2.05) is 0 Å². The molecule has 5 heteroatoms. The van der Waals surface area contributed by atoms with Crippen LogP contribution in [0.2, 0.25) is 0 Å². The molecule has 1 rings (SSSR count). The highest BCUT2D eigenvalue weighted by atomic mass is 32.2. The fraction of sp³-hybridized carbons (Fsp3) is 1.00. The molecule has 1 aliphatic heterocycles. The molecule has 120 valence electrons. The number of hydrogen-bond acceptors (Lipinski definition) is 4. The Morgan fingerprint density at radius 1 is 1.15 bits per heavy atom. The number of sulfone groups is 1. The molecule has 0 radical (unpaired) electrons. The quantitative estimate of drug-likeness (QED) is 0.782. The first-order chi connectivity index (χ1) is 9.20. The molecule has 0 saturated carbocycles. The lowest BCUT2D eigenvalue weighted by atomic mass is 9.85. The molecule has 0 aromatic heterocycles. The molecule has 0 amide bonds. The summed E-state index contributed by atoms with van der Waals surface area (Å²) in [5.74, 6) is 0.572. The molecule has 2 atom stereocenters. The van der Waals surface area contributed by atoms with Crippen molar-refractivity contribution >= 4 is 9.84 Å². The van der Waals surface area contributed by atoms with Crippen LogP contribution in [0.4, 0.5) is 0 Å². The van der Waals surface area contributed by atoms with Gasteiger partial charge >= 0.3 is 0 Å². The summed E-state index contributed by atoms with van der Waals surface area (Å²) >= 11 is 0. The summed E-state index contributed by atoms with van der Waals surface area (Å²) in [6.45, 7) is 13.6. The maximum atomic E-state index is 11.6. The van der Waals surface area contributed by atoms with E-state index in [4.69, 9.17) is 0 Å². The standard InChI is InChI=1S/C15H32N2O2S/c1-6-14(4)13-17(15(5,7-2)12-16-14)10-9-11-20(18,19)8-3/h16H,6-13H2,1-5H3. The summed E-state index contributed by atoms with van der Waals surface area (Å²) < 4.78 is 23.2. The molecule has 0 spiro atoms. The molecule has 1 heterocycles. The van der Waals surface area contributed by atoms with E-state index in [0.717, 1.165) is 38.9 Å². The monoisotopic (exact) mass is 304 g/mol. The van der Waals surface area contributed by atoms with Crippen LogP contribution in [0.25, 0.3) is 0 Å². The topological polar surface area (TPSA) is 49.4 Å². The summed E-state index contributed by atoms with van der Waals surface area (Å²) in [6.07, 6.45) is 2.92. The van der Waals surface area contributed by atoms with Crippen LogP contribution in [-0.4, -0.2) is 55.5 Å². The highest BCUT2D eigenvalue weighted by Crippen LogP contribution is 2.28. The first-order valence-electron chi connectivity index (χ1n) is 7.91. The first-order valence-corrected chi connectivity index (χ1v) is 9.73. The van der Waals surface area contributed by atoms with Gasteiger partial charge in [-0.1, -0.05) is 20.8 Å². The van der Waals surface area contributed by atoms with Crippen molar-refractivity contribution in [3.63, 3.8) is 0 Å². The van der Waals surface area contributed by atoms with Crippen molar-refractivity contribution in [2.24, 2.45) is 0 Å². The molecule has 0 bridgehead atoms. The molecule has 2 unspecified atom stereocenters. The first kappa shape index (κ1) is 17.9. The molecule has 20 heavy (non-hydrogen) atoms. The minimum atomic E-state index is -2.84. The van der Waals surface area contributed by atoms with Crippen LogP contribution in [-0.2, 0) is 9.84 Å². The van der Waals surface area contributed by atoms with Gasteiger partial charge < -0.3 is 5.32 Å². The van der Waals surface area contributed by atoms with Crippen LogP contribution >= 0.6 is 0 Å². The lowest BCUT2D eigenvalue weighted by molar-refractivity contribution is 0.0174. The van der Waals surface area contributed by atoms with Crippen LogP contribution in [0, 0.1) is 0 Å². The van der Waals surface area contributed by atoms with Gasteiger partial charge in [0, 0.05) is 29.9 Å². The van der Waals surface area contributed by atoms with E-state index in [-0.39, 0.29) is 16.8 Å². The van der Waals surface area contributed by atoms with E-state index < -0.39 is 9.84 Å². The Hall–Kier alpha value is -0.130. The summed E-state index contributed by atoms with van der Waals surface area (Å²) in [5.41, 5.74) is 0.295. The third kappa shape index (κ3) is 4.43. The Kier molecular flexibility index (Phi) is 6.05. The van der Waals surface area contributed by atoms with E-state index in [1.165, 1.54) is 0 Å². The molecule has 0 aromatic carbocycles. The van der Waals surface area contributed by atoms with Crippen LogP contribution in [0.3, 0.4) is 0 Å². The molecule has 1 fully saturated rings. The van der Waals surface area contributed by atoms with Crippen LogP contribution in [0.5, 0.6) is 0 Å². The van der Waals surface area contributed by atoms with Gasteiger partial charge in [0.05, 0.1) is 5.75 Å². The summed E-state index contributed by atoms with van der Waals surface area (Å²) in [5, 5.41) is 3.67. The molecule has 0 aromatic rings. The fourth-order valence-electron chi connectivity index (χ4n) is 2.74. The van der Waals surface area contributed by atoms with Gasteiger partial charge in [0.15, 0.2) is 0 Å². The van der Waals surface area contributed by atoms with E-state index in [0.29, 0.717) is 5.75 Å². The number of hydrogen-bond donors (Lipinski definition) is 1. The van der Waals surface area contributed by atoms with Gasteiger partial charge in [-0.3, -0.25) is 4.90 Å². The second-order valence-electron chi connectivity index (χ2n) is 6.63. The maximum absolute atomic E-state index is 11.6. The van der Waals surface area contributed by atoms with Gasteiger partial charge in [0.1, 0.15) is 9.84 Å². The van der Waals surface area contributed by atoms with Crippen molar-refractivity contribution in [3.8, 4) is 0 Å². The lowest BCUT2D eigenvalue weighted by Crippen LogP contribution is -2.67. The Labute approximate surface area is 125 Å². The van der Waals surface area contributed by atoms with E-state index in [9.17, 15) is 8.42 Å². The highest BCUT2D eigenvalue weighted by molar-refractivity contribution is 7.91. The average Bonchev–Trinajstić information content (AvgIpc) is 2.43. The summed E-state index contributed by atoms with van der Waals surface area (Å²) in [6, 6.07) is 0. The maximum Gasteiger partial charge on any atom is 0.150 e. The van der Waals surface area contributed by atoms with Gasteiger partial charge in [-0.25, -0.2) is 8.42 Å². The third-order valence-electron chi connectivity index (χ3n) is 5.06. The van der Waals surface area contributed by atoms with Gasteiger partial charge in [-0.15, -0.1) is 0 Å². The highest BCUT2D eigenvalue weighted by Gasteiger charge is 2.40. The molecule has 1 saturated heterocycles. The van der Waals surface area contributed by atoms with Gasteiger partial charge in [0.25, 0.3) is 0 Å². The number of nitrogens with one attached hydrogen (secondary N) is 1. The normalized spacial score (nSPS) is 32.5. The average molecular weight is 305 g/mol. The molecule has 1 N–H and O–H groups in total. The smallest absolute Gasteiger partial charge is 0.150 e. The Morgan fingerprint density at radius 3 is 2.30 bits per heavy atom. The van der Waals surface area contributed by atoms with E-state index >= 15 is 0 Å². The van der Waals surface area contributed by atoms with Crippen molar-refractivity contribution < 1.29 is 8.42 Å². The van der Waals surface area contributed by atoms with Crippen molar-refractivity contribution in [1.29, 1.82) is 0 Å². The molecule has 4 nitrogen and oxygen atoms in total. The number of piperazine rings is 1. The van der Waals surface area contributed by atoms with Crippen LogP contribution in [0.1, 0.15) is 53.9 Å². The van der Waals surface area contributed by atoms with Crippen molar-refractivity contribution in [2.45, 2.75) is 65.0 Å². The Morgan fingerprint density at radius 2 is 1.80 bits per heavy atom. The zero-order chi connectivity index (χ0) is 15.4. The van der Waals surface area contributed by atoms with E-state index in [1.54, 1.807) is 6.92 Å². The van der Waals surface area contributed by atoms with Gasteiger partial charge in [-0.05, 0) is 39.7 Å². The second kappa shape index (κ2) is 6.75. The van der Waals surface area contributed by atoms with Crippen LogP contribution < -0.4 is 5.32 Å². The minimum absolute atomic E-state index is 0.144. The lowest BCUT2D eigenvalue weighted by Gasteiger charge is -2.52. The zero-order valence-electron chi connectivity index (χ0n) is 13.8. The van der Waals surface area contributed by atoms with Crippen LogP contribution in [0.15, 0.2) is 0 Å². The zero-order valence-corrected chi connectivity index (χ0v) is 14.6. The Bertz CT molecular complexity index is 410. The SMILES string of the molecule is CCC1(C)CN(CCCS(=O)(=O)CC)C(C)(CC)CN1. The van der Waals surface area contributed by atoms with Gasteiger partial charge in [-0.2, -0.15) is 0 Å². The fourth-order valence-corrected chi connectivity index (χ4v) is 3.60. The molecule has 1 aliphatic rings. The van der Waals surface area contributed by atoms with Crippen molar-refractivity contribution in [2.75, 3.05) is 31.1 Å². The third-order valence-corrected chi connectivity index (χ3v) is 6.85. The largest absolute Gasteiger partial charge is 0.308 e. The molecule has 0 aliphatic carbocycles.